The van der Waals surface area contributed by atoms with Gasteiger partial charge >= 0.3 is 0 Å². The molecule has 3 aromatic rings. The van der Waals surface area contributed by atoms with E-state index < -0.39 is 0 Å². The van der Waals surface area contributed by atoms with E-state index in [0.717, 1.165) is 39.3 Å². The summed E-state index contributed by atoms with van der Waals surface area (Å²) in [6.45, 7) is 2.70. The molecule has 160 valence electrons. The standard InChI is InChI=1S/C24H32N4O2/c1-16-14-25-24(26-15-18-11-12-19(29-2)13-20(18)30-3)21-22(16)27-28-23(21)17-9-7-5-4-6-8-10-17/h11-14,17H,4-10,15H2,1-3H3,(H,25,26)(H,27,28). The lowest BCUT2D eigenvalue weighted by atomic mass is 9.87. The topological polar surface area (TPSA) is 72.1 Å². The number of pyridine rings is 1. The molecule has 1 saturated carbocycles. The van der Waals surface area contributed by atoms with Crippen LogP contribution in [0.15, 0.2) is 24.4 Å². The molecule has 2 N–H and O–H groups in total. The van der Waals surface area contributed by atoms with Crippen molar-refractivity contribution >= 4 is 16.7 Å². The van der Waals surface area contributed by atoms with Crippen LogP contribution >= 0.6 is 0 Å². The molecule has 1 fully saturated rings. The summed E-state index contributed by atoms with van der Waals surface area (Å²) in [6, 6.07) is 5.89. The maximum atomic E-state index is 5.55. The summed E-state index contributed by atoms with van der Waals surface area (Å²) < 4.78 is 10.9. The third kappa shape index (κ3) is 4.23. The number of fused-ring (bicyclic) bond motifs is 1. The molecule has 0 amide bonds. The molecule has 0 radical (unpaired) electrons. The zero-order valence-electron chi connectivity index (χ0n) is 18.3. The number of hydrogen-bond acceptors (Lipinski definition) is 5. The predicted molar refractivity (Wildman–Crippen MR) is 121 cm³/mol. The monoisotopic (exact) mass is 408 g/mol. The van der Waals surface area contributed by atoms with Crippen molar-refractivity contribution in [2.24, 2.45) is 0 Å². The average molecular weight is 409 g/mol. The predicted octanol–water partition coefficient (Wildman–Crippen LogP) is 5.72. The molecule has 0 aliphatic heterocycles. The maximum absolute atomic E-state index is 5.55. The molecule has 0 unspecified atom stereocenters. The van der Waals surface area contributed by atoms with Crippen molar-refractivity contribution in [3.63, 3.8) is 0 Å². The number of H-pyrrole nitrogens is 1. The largest absolute Gasteiger partial charge is 0.497 e. The maximum Gasteiger partial charge on any atom is 0.137 e. The summed E-state index contributed by atoms with van der Waals surface area (Å²) >= 11 is 0. The second kappa shape index (κ2) is 9.37. The first-order chi connectivity index (χ1) is 14.7. The highest BCUT2D eigenvalue weighted by molar-refractivity contribution is 5.93. The Balaban J connectivity index is 1.64. The molecule has 2 aromatic heterocycles. The number of nitrogens with zero attached hydrogens (tertiary/aromatic N) is 2. The van der Waals surface area contributed by atoms with Crippen molar-refractivity contribution in [2.45, 2.75) is 64.3 Å². The summed E-state index contributed by atoms with van der Waals surface area (Å²) in [5.74, 6) is 3.00. The van der Waals surface area contributed by atoms with E-state index in [1.54, 1.807) is 14.2 Å². The number of ether oxygens (including phenoxy) is 2. The van der Waals surface area contributed by atoms with Crippen LogP contribution in [0.5, 0.6) is 11.5 Å². The minimum Gasteiger partial charge on any atom is -0.497 e. The fraction of sp³-hybridized carbons (Fsp3) is 0.500. The Hall–Kier alpha value is -2.76. The van der Waals surface area contributed by atoms with Crippen molar-refractivity contribution in [3.8, 4) is 11.5 Å². The molecule has 0 saturated heterocycles. The van der Waals surface area contributed by atoms with E-state index in [-0.39, 0.29) is 0 Å². The molecule has 6 nitrogen and oxygen atoms in total. The Kier molecular flexibility index (Phi) is 6.41. The molecule has 1 aromatic carbocycles. The summed E-state index contributed by atoms with van der Waals surface area (Å²) in [6.07, 6.45) is 11.0. The van der Waals surface area contributed by atoms with Crippen molar-refractivity contribution in [2.75, 3.05) is 19.5 Å². The third-order valence-electron chi connectivity index (χ3n) is 6.25. The Morgan fingerprint density at radius 2 is 1.83 bits per heavy atom. The quantitative estimate of drug-likeness (QED) is 0.545. The zero-order chi connectivity index (χ0) is 20.9. The summed E-state index contributed by atoms with van der Waals surface area (Å²) in [7, 11) is 3.35. The molecule has 1 aliphatic carbocycles. The van der Waals surface area contributed by atoms with Crippen LogP contribution in [0.1, 0.15) is 67.7 Å². The normalized spacial score (nSPS) is 15.6. The number of aromatic nitrogens is 3. The molecule has 0 bridgehead atoms. The van der Waals surface area contributed by atoms with Gasteiger partial charge < -0.3 is 14.8 Å². The summed E-state index contributed by atoms with van der Waals surface area (Å²) in [5.41, 5.74) is 4.43. The number of anilines is 1. The van der Waals surface area contributed by atoms with Crippen molar-refractivity contribution in [1.29, 1.82) is 0 Å². The second-order valence-corrected chi connectivity index (χ2v) is 8.22. The van der Waals surface area contributed by atoms with Gasteiger partial charge in [-0.2, -0.15) is 5.10 Å². The van der Waals surface area contributed by atoms with Gasteiger partial charge in [-0.3, -0.25) is 5.10 Å². The van der Waals surface area contributed by atoms with Gasteiger partial charge in [-0.1, -0.05) is 32.1 Å². The number of aromatic amines is 1. The first kappa shape index (κ1) is 20.5. The lowest BCUT2D eigenvalue weighted by Crippen LogP contribution is -2.07. The fourth-order valence-electron chi connectivity index (χ4n) is 4.52. The van der Waals surface area contributed by atoms with Crippen LogP contribution in [-0.4, -0.2) is 29.4 Å². The molecule has 30 heavy (non-hydrogen) atoms. The second-order valence-electron chi connectivity index (χ2n) is 8.22. The molecule has 2 heterocycles. The number of benzene rings is 1. The van der Waals surface area contributed by atoms with Crippen LogP contribution in [0, 0.1) is 6.92 Å². The van der Waals surface area contributed by atoms with Crippen molar-refractivity contribution < 1.29 is 9.47 Å². The summed E-state index contributed by atoms with van der Waals surface area (Å²) in [5, 5.41) is 12.7. The highest BCUT2D eigenvalue weighted by Crippen LogP contribution is 2.37. The zero-order valence-corrected chi connectivity index (χ0v) is 18.3. The highest BCUT2D eigenvalue weighted by Gasteiger charge is 2.22. The number of nitrogens with one attached hydrogen (secondary N) is 2. The molecule has 0 atom stereocenters. The first-order valence-electron chi connectivity index (χ1n) is 11.0. The number of rotatable bonds is 6. The smallest absolute Gasteiger partial charge is 0.137 e. The van der Waals surface area contributed by atoms with Gasteiger partial charge in [0, 0.05) is 36.0 Å². The Bertz CT molecular complexity index is 990. The van der Waals surface area contributed by atoms with Gasteiger partial charge in [0.25, 0.3) is 0 Å². The molecule has 1 aliphatic rings. The molecule has 0 spiro atoms. The van der Waals surface area contributed by atoms with Crippen molar-refractivity contribution in [1.82, 2.24) is 15.2 Å². The van der Waals surface area contributed by atoms with Crippen LogP contribution in [-0.2, 0) is 6.54 Å². The highest BCUT2D eigenvalue weighted by atomic mass is 16.5. The van der Waals surface area contributed by atoms with Gasteiger partial charge in [-0.05, 0) is 37.5 Å². The average Bonchev–Trinajstić information content (AvgIpc) is 3.19. The lowest BCUT2D eigenvalue weighted by Gasteiger charge is -2.19. The fourth-order valence-corrected chi connectivity index (χ4v) is 4.52. The van der Waals surface area contributed by atoms with E-state index in [0.29, 0.717) is 12.5 Å². The van der Waals surface area contributed by atoms with Gasteiger partial charge in [0.15, 0.2) is 0 Å². The van der Waals surface area contributed by atoms with E-state index in [9.17, 15) is 0 Å². The van der Waals surface area contributed by atoms with E-state index >= 15 is 0 Å². The Morgan fingerprint density at radius 1 is 1.07 bits per heavy atom. The van der Waals surface area contributed by atoms with Gasteiger partial charge in [0.1, 0.15) is 22.8 Å². The number of aryl methyl sites for hydroxylation is 1. The first-order valence-corrected chi connectivity index (χ1v) is 11.0. The minimum absolute atomic E-state index is 0.523. The minimum atomic E-state index is 0.523. The number of hydrogen-bond donors (Lipinski definition) is 2. The molecular formula is C24H32N4O2. The third-order valence-corrected chi connectivity index (χ3v) is 6.25. The Morgan fingerprint density at radius 3 is 2.57 bits per heavy atom. The van der Waals surface area contributed by atoms with E-state index in [1.807, 2.05) is 24.4 Å². The lowest BCUT2D eigenvalue weighted by molar-refractivity contribution is 0.391. The SMILES string of the molecule is COc1ccc(CNc2ncc(C)c3n[nH]c(C4CCCCCCC4)c23)c(OC)c1. The molecule has 6 heteroatoms. The van der Waals surface area contributed by atoms with Gasteiger partial charge in [-0.15, -0.1) is 0 Å². The Labute approximate surface area is 178 Å². The van der Waals surface area contributed by atoms with E-state index in [4.69, 9.17) is 14.5 Å². The van der Waals surface area contributed by atoms with Crippen LogP contribution < -0.4 is 14.8 Å². The number of methoxy groups -OCH3 is 2. The van der Waals surface area contributed by atoms with Gasteiger partial charge in [0.05, 0.1) is 19.6 Å². The van der Waals surface area contributed by atoms with Gasteiger partial charge in [0.2, 0.25) is 0 Å². The van der Waals surface area contributed by atoms with Crippen LogP contribution in [0.2, 0.25) is 0 Å². The van der Waals surface area contributed by atoms with E-state index in [2.05, 4.69) is 22.4 Å². The van der Waals surface area contributed by atoms with Crippen molar-refractivity contribution in [3.05, 3.63) is 41.2 Å². The molecular weight excluding hydrogens is 376 g/mol. The molecule has 4 rings (SSSR count). The van der Waals surface area contributed by atoms with Crippen LogP contribution in [0.3, 0.4) is 0 Å². The van der Waals surface area contributed by atoms with Crippen LogP contribution in [0.25, 0.3) is 10.9 Å². The summed E-state index contributed by atoms with van der Waals surface area (Å²) in [4.78, 5) is 4.74. The van der Waals surface area contributed by atoms with Crippen LogP contribution in [0.4, 0.5) is 5.82 Å². The van der Waals surface area contributed by atoms with Gasteiger partial charge in [-0.25, -0.2) is 4.98 Å². The van der Waals surface area contributed by atoms with E-state index in [1.165, 1.54) is 50.6 Å².